The van der Waals surface area contributed by atoms with E-state index in [2.05, 4.69) is 17.1 Å². The van der Waals surface area contributed by atoms with Crippen molar-refractivity contribution in [1.82, 2.24) is 10.2 Å². The van der Waals surface area contributed by atoms with Gasteiger partial charge in [-0.15, -0.1) is 0 Å². The maximum atomic E-state index is 12.6. The lowest BCUT2D eigenvalue weighted by Crippen LogP contribution is -2.56. The number of unbranched alkanes of at least 4 members (excludes halogenated alkanes) is 2. The number of nitrogens with one attached hydrogen (secondary N) is 1. The molecule has 1 aliphatic carbocycles. The van der Waals surface area contributed by atoms with Crippen LogP contribution in [0, 0.1) is 5.92 Å². The molecule has 3 N–H and O–H groups in total. The van der Waals surface area contributed by atoms with Gasteiger partial charge in [0.1, 0.15) is 0 Å². The molecule has 1 aromatic carbocycles. The second-order valence-corrected chi connectivity index (χ2v) is 8.61. The third kappa shape index (κ3) is 5.04. The van der Waals surface area contributed by atoms with Gasteiger partial charge in [-0.2, -0.15) is 0 Å². The summed E-state index contributed by atoms with van der Waals surface area (Å²) >= 11 is 0. The van der Waals surface area contributed by atoms with E-state index in [9.17, 15) is 15.0 Å². The summed E-state index contributed by atoms with van der Waals surface area (Å²) < 4.78 is 5.32. The van der Waals surface area contributed by atoms with Crippen LogP contribution < -0.4 is 10.1 Å². The number of amides is 1. The molecule has 1 aromatic rings. The van der Waals surface area contributed by atoms with E-state index in [-0.39, 0.29) is 23.6 Å². The average Bonchev–Trinajstić information content (AvgIpc) is 2.72. The number of methoxy groups -OCH3 is 1. The van der Waals surface area contributed by atoms with Crippen LogP contribution in [0.15, 0.2) is 18.2 Å². The fourth-order valence-corrected chi connectivity index (χ4v) is 5.08. The Morgan fingerprint density at radius 2 is 2.14 bits per heavy atom. The fourth-order valence-electron chi connectivity index (χ4n) is 5.08. The van der Waals surface area contributed by atoms with E-state index >= 15 is 0 Å². The highest BCUT2D eigenvalue weighted by Crippen LogP contribution is 2.49. The van der Waals surface area contributed by atoms with E-state index in [1.165, 1.54) is 7.11 Å². The number of phenols is 1. The minimum absolute atomic E-state index is 0.0399. The number of aromatic hydroxyl groups is 1. The normalized spacial score (nSPS) is 27.3. The zero-order valence-corrected chi connectivity index (χ0v) is 17.8. The Hall–Kier alpha value is -1.79. The number of likely N-dealkylation sites (tertiary alicyclic amines) is 1. The first-order valence-electron chi connectivity index (χ1n) is 11.1. The standard InChI is InChI=1S/C23H36N2O4/c1-3-4-7-13-24-21(27)16-25-14-12-23(28)11-6-5-8-18(23)22(25)17-9-10-19(26)20(15-17)29-2/h9-10,15,18,22,26,28H,3-8,11-14,16H2,1-2H3,(H,24,27)/t18-,22+,23-/m1/s1. The Morgan fingerprint density at radius 1 is 1.31 bits per heavy atom. The second-order valence-electron chi connectivity index (χ2n) is 8.61. The Balaban J connectivity index is 1.81. The van der Waals surface area contributed by atoms with Crippen LogP contribution in [0.3, 0.4) is 0 Å². The first-order valence-corrected chi connectivity index (χ1v) is 11.1. The first-order chi connectivity index (χ1) is 14.0. The molecule has 6 heteroatoms. The van der Waals surface area contributed by atoms with Crippen LogP contribution in [0.2, 0.25) is 0 Å². The minimum atomic E-state index is -0.678. The van der Waals surface area contributed by atoms with Crippen LogP contribution in [0.25, 0.3) is 0 Å². The molecule has 0 bridgehead atoms. The maximum absolute atomic E-state index is 12.6. The van der Waals surface area contributed by atoms with Gasteiger partial charge in [-0.05, 0) is 43.4 Å². The van der Waals surface area contributed by atoms with Crippen molar-refractivity contribution in [1.29, 1.82) is 0 Å². The van der Waals surface area contributed by atoms with E-state index in [4.69, 9.17) is 4.74 Å². The van der Waals surface area contributed by atoms with Crippen LogP contribution >= 0.6 is 0 Å². The van der Waals surface area contributed by atoms with Crippen molar-refractivity contribution in [2.24, 2.45) is 5.92 Å². The smallest absolute Gasteiger partial charge is 0.234 e. The van der Waals surface area contributed by atoms with E-state index in [1.54, 1.807) is 6.07 Å². The van der Waals surface area contributed by atoms with Crippen LogP contribution in [-0.2, 0) is 4.79 Å². The van der Waals surface area contributed by atoms with Crippen molar-refractivity contribution in [3.05, 3.63) is 23.8 Å². The lowest BCUT2D eigenvalue weighted by atomic mass is 9.66. The van der Waals surface area contributed by atoms with Gasteiger partial charge in [-0.25, -0.2) is 0 Å². The number of hydrogen-bond acceptors (Lipinski definition) is 5. The average molecular weight is 405 g/mol. The molecule has 1 saturated carbocycles. The molecule has 29 heavy (non-hydrogen) atoms. The highest BCUT2D eigenvalue weighted by molar-refractivity contribution is 5.78. The molecule has 0 radical (unpaired) electrons. The summed E-state index contributed by atoms with van der Waals surface area (Å²) in [7, 11) is 1.54. The molecule has 1 saturated heterocycles. The largest absolute Gasteiger partial charge is 0.504 e. The molecule has 3 atom stereocenters. The Bertz CT molecular complexity index is 695. The topological polar surface area (TPSA) is 82.0 Å². The van der Waals surface area contributed by atoms with Gasteiger partial charge in [-0.1, -0.05) is 38.7 Å². The van der Waals surface area contributed by atoms with Gasteiger partial charge in [0, 0.05) is 25.0 Å². The number of carbonyl (C=O) groups is 1. The van der Waals surface area contributed by atoms with Crippen molar-refractivity contribution >= 4 is 5.91 Å². The number of nitrogens with zero attached hydrogens (tertiary/aromatic N) is 1. The summed E-state index contributed by atoms with van der Waals surface area (Å²) in [5.41, 5.74) is 0.311. The van der Waals surface area contributed by atoms with Gasteiger partial charge in [-0.3, -0.25) is 9.69 Å². The second kappa shape index (κ2) is 9.81. The number of piperidine rings is 1. The van der Waals surface area contributed by atoms with Gasteiger partial charge in [0.2, 0.25) is 5.91 Å². The van der Waals surface area contributed by atoms with E-state index < -0.39 is 5.60 Å². The highest BCUT2D eigenvalue weighted by Gasteiger charge is 2.49. The van der Waals surface area contributed by atoms with Gasteiger partial charge in [0.05, 0.1) is 19.3 Å². The summed E-state index contributed by atoms with van der Waals surface area (Å²) in [5.74, 6) is 0.646. The molecular weight excluding hydrogens is 368 g/mol. The number of hydrogen-bond donors (Lipinski definition) is 3. The van der Waals surface area contributed by atoms with Crippen molar-refractivity contribution in [3.8, 4) is 11.5 Å². The van der Waals surface area contributed by atoms with Gasteiger partial charge in [0.25, 0.3) is 0 Å². The molecule has 2 fully saturated rings. The summed E-state index contributed by atoms with van der Waals surface area (Å²) in [5, 5.41) is 24.4. The SMILES string of the molecule is CCCCCNC(=O)CN1CC[C@]2(O)CCCC[C@@H]2[C@@H]1c1ccc(O)c(OC)c1. The third-order valence-electron chi connectivity index (χ3n) is 6.67. The molecule has 3 rings (SSSR count). The molecular formula is C23H36N2O4. The van der Waals surface area contributed by atoms with Crippen molar-refractivity contribution in [3.63, 3.8) is 0 Å². The zero-order chi connectivity index (χ0) is 20.9. The molecule has 0 unspecified atom stereocenters. The molecule has 0 spiro atoms. The number of ether oxygens (including phenoxy) is 1. The predicted octanol–water partition coefficient (Wildman–Crippen LogP) is 3.38. The molecule has 1 aliphatic heterocycles. The first kappa shape index (κ1) is 21.9. The quantitative estimate of drug-likeness (QED) is 0.579. The highest BCUT2D eigenvalue weighted by atomic mass is 16.5. The summed E-state index contributed by atoms with van der Waals surface area (Å²) in [6.07, 6.45) is 7.86. The fraction of sp³-hybridized carbons (Fsp3) is 0.696. The Morgan fingerprint density at radius 3 is 2.90 bits per heavy atom. The molecule has 0 aromatic heterocycles. The zero-order valence-electron chi connectivity index (χ0n) is 17.8. The molecule has 6 nitrogen and oxygen atoms in total. The molecule has 162 valence electrons. The van der Waals surface area contributed by atoms with E-state index in [1.807, 2.05) is 12.1 Å². The Labute approximate surface area is 174 Å². The van der Waals surface area contributed by atoms with E-state index in [0.717, 1.165) is 50.5 Å². The number of benzene rings is 1. The van der Waals surface area contributed by atoms with Gasteiger partial charge >= 0.3 is 0 Å². The lowest BCUT2D eigenvalue weighted by Gasteiger charge is -2.52. The molecule has 1 heterocycles. The Kier molecular flexibility index (Phi) is 7.41. The monoisotopic (exact) mass is 404 g/mol. The van der Waals surface area contributed by atoms with Crippen molar-refractivity contribution in [2.45, 2.75) is 69.9 Å². The molecule has 1 amide bonds. The van der Waals surface area contributed by atoms with Crippen LogP contribution in [0.1, 0.15) is 69.9 Å². The summed E-state index contributed by atoms with van der Waals surface area (Å²) in [4.78, 5) is 14.8. The van der Waals surface area contributed by atoms with Crippen LogP contribution in [0.4, 0.5) is 0 Å². The number of rotatable bonds is 8. The van der Waals surface area contributed by atoms with Crippen LogP contribution in [-0.4, -0.2) is 53.4 Å². The number of phenolic OH excluding ortho intramolecular Hbond substituents is 1. The minimum Gasteiger partial charge on any atom is -0.504 e. The number of fused-ring (bicyclic) bond motifs is 1. The predicted molar refractivity (Wildman–Crippen MR) is 113 cm³/mol. The maximum Gasteiger partial charge on any atom is 0.234 e. The third-order valence-corrected chi connectivity index (χ3v) is 6.67. The molecule has 2 aliphatic rings. The number of carbonyl (C=O) groups excluding carboxylic acids is 1. The lowest BCUT2D eigenvalue weighted by molar-refractivity contribution is -0.137. The number of aliphatic hydroxyl groups is 1. The van der Waals surface area contributed by atoms with Gasteiger partial charge in [0.15, 0.2) is 11.5 Å². The van der Waals surface area contributed by atoms with E-state index in [0.29, 0.717) is 31.8 Å². The van der Waals surface area contributed by atoms with Crippen molar-refractivity contribution in [2.75, 3.05) is 26.7 Å². The van der Waals surface area contributed by atoms with Crippen molar-refractivity contribution < 1.29 is 19.7 Å². The summed E-state index contributed by atoms with van der Waals surface area (Å²) in [6.45, 7) is 3.87. The summed E-state index contributed by atoms with van der Waals surface area (Å²) in [6, 6.07) is 5.33. The van der Waals surface area contributed by atoms with Crippen LogP contribution in [0.5, 0.6) is 11.5 Å². The van der Waals surface area contributed by atoms with Gasteiger partial charge < -0.3 is 20.3 Å².